The molecule has 1 heterocycles. The molecule has 0 atom stereocenters. The molecular formula is C11H11N3O2. The van der Waals surface area contributed by atoms with Gasteiger partial charge in [-0.1, -0.05) is 5.16 Å². The summed E-state index contributed by atoms with van der Waals surface area (Å²) in [6.45, 7) is 1.77. The number of nitrogens with one attached hydrogen (secondary N) is 1. The number of anilines is 1. The van der Waals surface area contributed by atoms with E-state index in [1.54, 1.807) is 13.0 Å². The number of carbonyl (C=O) groups is 1. The summed E-state index contributed by atoms with van der Waals surface area (Å²) in [6.07, 6.45) is 3.17. The van der Waals surface area contributed by atoms with Gasteiger partial charge in [-0.2, -0.15) is 5.26 Å². The van der Waals surface area contributed by atoms with Gasteiger partial charge in [-0.15, -0.1) is 0 Å². The van der Waals surface area contributed by atoms with Gasteiger partial charge in [-0.25, -0.2) is 0 Å². The van der Waals surface area contributed by atoms with Crippen LogP contribution in [0.3, 0.4) is 0 Å². The summed E-state index contributed by atoms with van der Waals surface area (Å²) >= 11 is 0. The Morgan fingerprint density at radius 2 is 2.50 bits per heavy atom. The minimum Gasteiger partial charge on any atom is -0.360 e. The summed E-state index contributed by atoms with van der Waals surface area (Å²) in [6, 6.07) is 3.58. The first-order chi connectivity index (χ1) is 7.70. The van der Waals surface area contributed by atoms with Crippen molar-refractivity contribution in [2.45, 2.75) is 19.8 Å². The molecule has 1 fully saturated rings. The number of hydrogen-bond acceptors (Lipinski definition) is 5. The van der Waals surface area contributed by atoms with E-state index < -0.39 is 0 Å². The molecule has 0 aromatic carbocycles. The summed E-state index contributed by atoms with van der Waals surface area (Å²) in [5.74, 6) is 1.12. The van der Waals surface area contributed by atoms with E-state index in [2.05, 4.69) is 10.5 Å². The second-order valence-corrected chi connectivity index (χ2v) is 3.78. The first-order valence-corrected chi connectivity index (χ1v) is 5.05. The van der Waals surface area contributed by atoms with E-state index in [0.717, 1.165) is 12.8 Å². The predicted molar refractivity (Wildman–Crippen MR) is 56.3 cm³/mol. The Bertz CT molecular complexity index is 478. The van der Waals surface area contributed by atoms with Crippen LogP contribution in [0, 0.1) is 24.2 Å². The van der Waals surface area contributed by atoms with Crippen LogP contribution in [0.1, 0.15) is 18.6 Å². The minimum atomic E-state index is -0.0878. The zero-order chi connectivity index (χ0) is 11.5. The average molecular weight is 217 g/mol. The highest BCUT2D eigenvalue weighted by molar-refractivity contribution is 6.02. The molecule has 1 aliphatic rings. The Labute approximate surface area is 92.7 Å². The van der Waals surface area contributed by atoms with Crippen molar-refractivity contribution in [2.75, 3.05) is 5.32 Å². The Morgan fingerprint density at radius 1 is 1.75 bits per heavy atom. The molecule has 82 valence electrons. The van der Waals surface area contributed by atoms with Crippen LogP contribution in [0.25, 0.3) is 0 Å². The van der Waals surface area contributed by atoms with Gasteiger partial charge in [-0.05, 0) is 19.8 Å². The molecular weight excluding hydrogens is 206 g/mol. The number of nitriles is 1. The normalized spacial score (nSPS) is 15.6. The number of nitrogens with zero attached hydrogens (tertiary/aromatic N) is 2. The van der Waals surface area contributed by atoms with Crippen LogP contribution in [-0.4, -0.2) is 10.9 Å². The molecule has 0 amide bonds. The second kappa shape index (κ2) is 4.19. The molecule has 5 nitrogen and oxygen atoms in total. The maximum absolute atomic E-state index is 11.6. The third-order valence-corrected chi connectivity index (χ3v) is 2.33. The van der Waals surface area contributed by atoms with Crippen molar-refractivity contribution in [3.63, 3.8) is 0 Å². The van der Waals surface area contributed by atoms with E-state index in [9.17, 15) is 4.79 Å². The average Bonchev–Trinajstić information content (AvgIpc) is 3.04. The molecule has 1 aromatic heterocycles. The van der Waals surface area contributed by atoms with Gasteiger partial charge < -0.3 is 9.84 Å². The second-order valence-electron chi connectivity index (χ2n) is 3.78. The highest BCUT2D eigenvalue weighted by Gasteiger charge is 2.31. The van der Waals surface area contributed by atoms with Crippen molar-refractivity contribution in [3.8, 4) is 6.07 Å². The van der Waals surface area contributed by atoms with E-state index in [1.165, 1.54) is 6.20 Å². The molecule has 0 saturated heterocycles. The van der Waals surface area contributed by atoms with Crippen molar-refractivity contribution < 1.29 is 9.32 Å². The molecule has 0 bridgehead atoms. The molecule has 0 radical (unpaired) electrons. The molecule has 1 aliphatic carbocycles. The fraction of sp³-hybridized carbons (Fsp3) is 0.364. The third-order valence-electron chi connectivity index (χ3n) is 2.33. The predicted octanol–water partition coefficient (Wildman–Crippen LogP) is 1.78. The quantitative estimate of drug-likeness (QED) is 0.614. The van der Waals surface area contributed by atoms with Crippen molar-refractivity contribution in [2.24, 2.45) is 5.92 Å². The monoisotopic (exact) mass is 217 g/mol. The molecule has 2 rings (SSSR count). The van der Waals surface area contributed by atoms with Gasteiger partial charge in [-0.3, -0.25) is 4.79 Å². The van der Waals surface area contributed by atoms with Crippen molar-refractivity contribution in [3.05, 3.63) is 23.6 Å². The molecule has 0 unspecified atom stereocenters. The van der Waals surface area contributed by atoms with Crippen molar-refractivity contribution in [1.29, 1.82) is 5.26 Å². The number of hydrogen-bond donors (Lipinski definition) is 1. The van der Waals surface area contributed by atoms with Gasteiger partial charge in [0.25, 0.3) is 0 Å². The van der Waals surface area contributed by atoms with E-state index in [4.69, 9.17) is 9.78 Å². The lowest BCUT2D eigenvalue weighted by Gasteiger charge is -1.96. The van der Waals surface area contributed by atoms with Gasteiger partial charge in [0.2, 0.25) is 0 Å². The van der Waals surface area contributed by atoms with Gasteiger partial charge in [0.15, 0.2) is 11.6 Å². The Morgan fingerprint density at radius 3 is 3.00 bits per heavy atom. The van der Waals surface area contributed by atoms with Gasteiger partial charge >= 0.3 is 0 Å². The lowest BCUT2D eigenvalue weighted by Crippen LogP contribution is -2.05. The molecule has 16 heavy (non-hydrogen) atoms. The zero-order valence-corrected chi connectivity index (χ0v) is 8.86. The Balaban J connectivity index is 2.04. The SMILES string of the molecule is Cc1cc(NC=C(C#N)C(=O)C2CC2)no1. The Kier molecular flexibility index (Phi) is 2.73. The fourth-order valence-electron chi connectivity index (χ4n) is 1.30. The zero-order valence-electron chi connectivity index (χ0n) is 8.86. The molecule has 1 saturated carbocycles. The van der Waals surface area contributed by atoms with Gasteiger partial charge in [0, 0.05) is 18.2 Å². The maximum Gasteiger partial charge on any atom is 0.177 e. The topological polar surface area (TPSA) is 78.9 Å². The third kappa shape index (κ3) is 2.28. The van der Waals surface area contributed by atoms with Crippen LogP contribution in [0.2, 0.25) is 0 Å². The van der Waals surface area contributed by atoms with E-state index in [0.29, 0.717) is 11.6 Å². The fourth-order valence-corrected chi connectivity index (χ4v) is 1.30. The van der Waals surface area contributed by atoms with Crippen molar-refractivity contribution >= 4 is 11.6 Å². The summed E-state index contributed by atoms with van der Waals surface area (Å²) in [7, 11) is 0. The van der Waals surface area contributed by atoms with Gasteiger partial charge in [0.05, 0.1) is 0 Å². The number of Topliss-reactive ketones (excluding diaryl/α,β-unsaturated/α-hetero) is 1. The van der Waals surface area contributed by atoms with Crippen LogP contribution in [0.5, 0.6) is 0 Å². The number of aryl methyl sites for hydroxylation is 1. The van der Waals surface area contributed by atoms with Crippen LogP contribution in [-0.2, 0) is 4.79 Å². The van der Waals surface area contributed by atoms with Gasteiger partial charge in [0.1, 0.15) is 17.4 Å². The van der Waals surface area contributed by atoms with E-state index in [-0.39, 0.29) is 17.3 Å². The lowest BCUT2D eigenvalue weighted by atomic mass is 10.1. The number of aromatic nitrogens is 1. The van der Waals surface area contributed by atoms with E-state index in [1.807, 2.05) is 6.07 Å². The summed E-state index contributed by atoms with van der Waals surface area (Å²) < 4.78 is 4.84. The highest BCUT2D eigenvalue weighted by Crippen LogP contribution is 2.32. The number of allylic oxidation sites excluding steroid dienone is 1. The van der Waals surface area contributed by atoms with Crippen LogP contribution < -0.4 is 5.32 Å². The summed E-state index contributed by atoms with van der Waals surface area (Å²) in [5.41, 5.74) is 0.142. The molecule has 0 aliphatic heterocycles. The minimum absolute atomic E-state index is 0.0479. The summed E-state index contributed by atoms with van der Waals surface area (Å²) in [5, 5.41) is 15.3. The van der Waals surface area contributed by atoms with Crippen LogP contribution in [0.4, 0.5) is 5.82 Å². The van der Waals surface area contributed by atoms with Crippen LogP contribution >= 0.6 is 0 Å². The highest BCUT2D eigenvalue weighted by atomic mass is 16.5. The largest absolute Gasteiger partial charge is 0.360 e. The number of rotatable bonds is 4. The first kappa shape index (κ1) is 10.4. The summed E-state index contributed by atoms with van der Waals surface area (Å²) in [4.78, 5) is 11.6. The standard InChI is InChI=1S/C11H11N3O2/c1-7-4-10(14-16-7)13-6-9(5-12)11(15)8-2-3-8/h4,6,8H,2-3H2,1H3,(H,13,14). The lowest BCUT2D eigenvalue weighted by molar-refractivity contribution is -0.116. The molecule has 0 spiro atoms. The van der Waals surface area contributed by atoms with Crippen molar-refractivity contribution in [1.82, 2.24) is 5.16 Å². The van der Waals surface area contributed by atoms with Crippen LogP contribution in [0.15, 0.2) is 22.4 Å². The molecule has 1 N–H and O–H groups in total. The Hall–Kier alpha value is -2.09. The maximum atomic E-state index is 11.6. The molecule has 5 heteroatoms. The first-order valence-electron chi connectivity index (χ1n) is 5.05. The molecule has 1 aromatic rings. The number of ketones is 1. The number of carbonyl (C=O) groups excluding carboxylic acids is 1. The van der Waals surface area contributed by atoms with E-state index >= 15 is 0 Å². The smallest absolute Gasteiger partial charge is 0.177 e.